The average molecular weight is 318 g/mol. The van der Waals surface area contributed by atoms with Crippen molar-refractivity contribution in [2.24, 2.45) is 0 Å². The van der Waals surface area contributed by atoms with Gasteiger partial charge in [0, 0.05) is 19.1 Å². The SMILES string of the molecule is CCS(=O)(=O)c1c(N)nsc1N1CCCC1CN(C)C. The van der Waals surface area contributed by atoms with Crippen LogP contribution in [0.4, 0.5) is 10.8 Å². The van der Waals surface area contributed by atoms with Gasteiger partial charge >= 0.3 is 0 Å². The van der Waals surface area contributed by atoms with E-state index in [-0.39, 0.29) is 16.5 Å². The number of nitrogen functional groups attached to an aromatic ring is 1. The Morgan fingerprint density at radius 1 is 1.50 bits per heavy atom. The minimum Gasteiger partial charge on any atom is -0.382 e. The lowest BCUT2D eigenvalue weighted by atomic mass is 10.2. The molecule has 0 saturated carbocycles. The van der Waals surface area contributed by atoms with E-state index in [0.29, 0.717) is 11.0 Å². The van der Waals surface area contributed by atoms with E-state index in [2.05, 4.69) is 14.2 Å². The number of sulfone groups is 1. The third-order valence-electron chi connectivity index (χ3n) is 3.56. The first-order valence-electron chi connectivity index (χ1n) is 6.76. The van der Waals surface area contributed by atoms with Crippen LogP contribution in [-0.4, -0.2) is 56.7 Å². The summed E-state index contributed by atoms with van der Waals surface area (Å²) in [5.74, 6) is 0.191. The molecule has 0 aliphatic carbocycles. The van der Waals surface area contributed by atoms with Crippen LogP contribution in [0.2, 0.25) is 0 Å². The van der Waals surface area contributed by atoms with Gasteiger partial charge in [0.05, 0.1) is 5.75 Å². The summed E-state index contributed by atoms with van der Waals surface area (Å²) in [5.41, 5.74) is 5.80. The van der Waals surface area contributed by atoms with Gasteiger partial charge in [-0.2, -0.15) is 4.37 Å². The molecule has 0 amide bonds. The van der Waals surface area contributed by atoms with Gasteiger partial charge in [0.15, 0.2) is 15.7 Å². The van der Waals surface area contributed by atoms with Crippen LogP contribution >= 0.6 is 11.5 Å². The Balaban J connectivity index is 2.38. The highest BCUT2D eigenvalue weighted by Crippen LogP contribution is 2.38. The number of likely N-dealkylation sites (N-methyl/N-ethyl adjacent to an activating group) is 1. The summed E-state index contributed by atoms with van der Waals surface area (Å²) in [5, 5.41) is 0.716. The lowest BCUT2D eigenvalue weighted by molar-refractivity contribution is 0.372. The zero-order valence-electron chi connectivity index (χ0n) is 12.2. The van der Waals surface area contributed by atoms with Crippen LogP contribution in [0.5, 0.6) is 0 Å². The first kappa shape index (κ1) is 15.5. The summed E-state index contributed by atoms with van der Waals surface area (Å²) in [4.78, 5) is 4.52. The molecule has 0 aromatic carbocycles. The Morgan fingerprint density at radius 2 is 2.20 bits per heavy atom. The van der Waals surface area contributed by atoms with Crippen molar-refractivity contribution in [2.75, 3.05) is 43.6 Å². The van der Waals surface area contributed by atoms with E-state index in [4.69, 9.17) is 5.73 Å². The lowest BCUT2D eigenvalue weighted by Gasteiger charge is -2.28. The molecule has 0 spiro atoms. The van der Waals surface area contributed by atoms with Crippen molar-refractivity contribution >= 4 is 32.2 Å². The molecule has 0 bridgehead atoms. The Kier molecular flexibility index (Phi) is 4.55. The Hall–Kier alpha value is -0.860. The molecule has 1 atom stereocenters. The number of rotatable bonds is 5. The molecule has 1 aliphatic heterocycles. The fourth-order valence-electron chi connectivity index (χ4n) is 2.62. The van der Waals surface area contributed by atoms with Gasteiger partial charge in [-0.1, -0.05) is 6.92 Å². The number of nitrogens with two attached hydrogens (primary N) is 1. The van der Waals surface area contributed by atoms with Crippen molar-refractivity contribution < 1.29 is 8.42 Å². The summed E-state index contributed by atoms with van der Waals surface area (Å²) in [6.07, 6.45) is 2.14. The molecule has 2 rings (SSSR count). The fourth-order valence-corrected chi connectivity index (χ4v) is 5.01. The van der Waals surface area contributed by atoms with E-state index in [1.54, 1.807) is 6.92 Å². The largest absolute Gasteiger partial charge is 0.382 e. The molecule has 1 aliphatic rings. The van der Waals surface area contributed by atoms with Gasteiger partial charge in [-0.25, -0.2) is 8.42 Å². The number of aromatic nitrogens is 1. The molecule has 2 N–H and O–H groups in total. The molecular formula is C12H22N4O2S2. The molecule has 6 nitrogen and oxygen atoms in total. The predicted octanol–water partition coefficient (Wildman–Crippen LogP) is 1.05. The van der Waals surface area contributed by atoms with Crippen LogP contribution in [0.1, 0.15) is 19.8 Å². The van der Waals surface area contributed by atoms with Crippen LogP contribution in [0.25, 0.3) is 0 Å². The summed E-state index contributed by atoms with van der Waals surface area (Å²) >= 11 is 1.20. The second-order valence-corrected chi connectivity index (χ2v) is 8.32. The van der Waals surface area contributed by atoms with Crippen LogP contribution in [0, 0.1) is 0 Å². The van der Waals surface area contributed by atoms with E-state index in [0.717, 1.165) is 25.9 Å². The highest BCUT2D eigenvalue weighted by atomic mass is 32.2. The highest BCUT2D eigenvalue weighted by molar-refractivity contribution is 7.91. The van der Waals surface area contributed by atoms with Crippen molar-refractivity contribution in [1.82, 2.24) is 9.27 Å². The first-order chi connectivity index (χ1) is 9.36. The van der Waals surface area contributed by atoms with E-state index in [9.17, 15) is 8.42 Å². The fraction of sp³-hybridized carbons (Fsp3) is 0.750. The number of hydrogen-bond acceptors (Lipinski definition) is 7. The van der Waals surface area contributed by atoms with Gasteiger partial charge in [0.25, 0.3) is 0 Å². The zero-order valence-corrected chi connectivity index (χ0v) is 13.8. The second kappa shape index (κ2) is 5.87. The predicted molar refractivity (Wildman–Crippen MR) is 83.2 cm³/mol. The molecule has 1 aromatic heterocycles. The molecule has 20 heavy (non-hydrogen) atoms. The van der Waals surface area contributed by atoms with Gasteiger partial charge < -0.3 is 15.5 Å². The van der Waals surface area contributed by atoms with Crippen molar-refractivity contribution in [3.8, 4) is 0 Å². The maximum absolute atomic E-state index is 12.2. The molecular weight excluding hydrogens is 296 g/mol. The molecule has 1 aromatic rings. The topological polar surface area (TPSA) is 79.5 Å². The number of nitrogens with zero attached hydrogens (tertiary/aromatic N) is 3. The lowest BCUT2D eigenvalue weighted by Crippen LogP contribution is -2.37. The first-order valence-corrected chi connectivity index (χ1v) is 9.18. The monoisotopic (exact) mass is 318 g/mol. The molecule has 0 radical (unpaired) electrons. The van der Waals surface area contributed by atoms with Crippen molar-refractivity contribution in [3.63, 3.8) is 0 Å². The average Bonchev–Trinajstić information content (AvgIpc) is 2.95. The quantitative estimate of drug-likeness (QED) is 0.874. The summed E-state index contributed by atoms with van der Waals surface area (Å²) in [7, 11) is 0.720. The minimum absolute atomic E-state index is 0.0504. The van der Waals surface area contributed by atoms with Crippen molar-refractivity contribution in [2.45, 2.75) is 30.7 Å². The molecule has 2 heterocycles. The maximum Gasteiger partial charge on any atom is 0.184 e. The standard InChI is InChI=1S/C12H22N4O2S2/c1-4-20(17,18)10-11(13)14-19-12(10)16-7-5-6-9(16)8-15(2)3/h9H,4-8H2,1-3H3,(H2,13,14). The summed E-state index contributed by atoms with van der Waals surface area (Å²) in [6, 6.07) is 0.329. The number of anilines is 2. The van der Waals surface area contributed by atoms with E-state index < -0.39 is 9.84 Å². The normalized spacial score (nSPS) is 20.0. The Morgan fingerprint density at radius 3 is 2.80 bits per heavy atom. The zero-order chi connectivity index (χ0) is 14.9. The molecule has 8 heteroatoms. The maximum atomic E-state index is 12.2. The van der Waals surface area contributed by atoms with Crippen LogP contribution in [0.3, 0.4) is 0 Å². The van der Waals surface area contributed by atoms with Gasteiger partial charge in [-0.05, 0) is 38.5 Å². The molecule has 1 fully saturated rings. The summed E-state index contributed by atoms with van der Waals surface area (Å²) < 4.78 is 28.6. The molecule has 1 unspecified atom stereocenters. The third kappa shape index (κ3) is 2.91. The molecule has 114 valence electrons. The van der Waals surface area contributed by atoms with Crippen LogP contribution in [0.15, 0.2) is 4.90 Å². The Bertz CT molecular complexity index is 568. The second-order valence-electron chi connectivity index (χ2n) is 5.36. The van der Waals surface area contributed by atoms with Crippen LogP contribution in [-0.2, 0) is 9.84 Å². The van der Waals surface area contributed by atoms with Gasteiger partial charge in [-0.3, -0.25) is 0 Å². The van der Waals surface area contributed by atoms with Crippen LogP contribution < -0.4 is 10.6 Å². The third-order valence-corrected chi connectivity index (χ3v) is 6.38. The minimum atomic E-state index is -3.34. The Labute approximate surface area is 124 Å². The highest BCUT2D eigenvalue weighted by Gasteiger charge is 2.33. The number of hydrogen-bond donors (Lipinski definition) is 1. The van der Waals surface area contributed by atoms with Crippen molar-refractivity contribution in [1.29, 1.82) is 0 Å². The van der Waals surface area contributed by atoms with Crippen molar-refractivity contribution in [3.05, 3.63) is 0 Å². The van der Waals surface area contributed by atoms with Gasteiger partial charge in [-0.15, -0.1) is 0 Å². The smallest absolute Gasteiger partial charge is 0.184 e. The van der Waals surface area contributed by atoms with E-state index in [1.807, 2.05) is 14.1 Å². The summed E-state index contributed by atoms with van der Waals surface area (Å²) in [6.45, 7) is 3.41. The van der Waals surface area contributed by atoms with Gasteiger partial charge in [0.1, 0.15) is 9.90 Å². The van der Waals surface area contributed by atoms with Gasteiger partial charge in [0.2, 0.25) is 0 Å². The van der Waals surface area contributed by atoms with E-state index >= 15 is 0 Å². The van der Waals surface area contributed by atoms with E-state index in [1.165, 1.54) is 11.5 Å². The molecule has 1 saturated heterocycles.